The maximum atomic E-state index is 13.1. The molecular formula is C30H34N2O6. The predicted molar refractivity (Wildman–Crippen MR) is 143 cm³/mol. The average Bonchev–Trinajstić information content (AvgIpc) is 2.94. The van der Waals surface area contributed by atoms with Gasteiger partial charge in [-0.05, 0) is 34.7 Å². The van der Waals surface area contributed by atoms with Gasteiger partial charge in [0.05, 0.1) is 7.11 Å². The number of hydrogen-bond donors (Lipinski definition) is 2. The van der Waals surface area contributed by atoms with Gasteiger partial charge >= 0.3 is 12.1 Å². The topological polar surface area (TPSA) is 103 Å². The van der Waals surface area contributed by atoms with Gasteiger partial charge in [-0.15, -0.1) is 0 Å². The second-order valence-electron chi connectivity index (χ2n) is 9.14. The number of benzene rings is 3. The highest BCUT2D eigenvalue weighted by Gasteiger charge is 2.30. The Hall–Kier alpha value is -4.33. The number of carbonyl (C=O) groups excluding carboxylic acids is 3. The van der Waals surface area contributed by atoms with Crippen LogP contribution in [0.15, 0.2) is 84.9 Å². The van der Waals surface area contributed by atoms with Crippen LogP contribution in [-0.4, -0.2) is 37.2 Å². The van der Waals surface area contributed by atoms with E-state index in [4.69, 9.17) is 14.2 Å². The van der Waals surface area contributed by atoms with Gasteiger partial charge in [0.1, 0.15) is 31.0 Å². The summed E-state index contributed by atoms with van der Waals surface area (Å²) in [5.41, 5.74) is 2.64. The molecule has 3 aromatic rings. The SMILES string of the molecule is COC(=O)[C@H](Cc1cccc(OCc2ccccc2)c1)NC(=O)[C@@H](NC(=O)OCc1ccccc1)C(C)C. The lowest BCUT2D eigenvalue weighted by Gasteiger charge is -2.24. The van der Waals surface area contributed by atoms with Crippen LogP contribution in [0.5, 0.6) is 5.75 Å². The van der Waals surface area contributed by atoms with E-state index in [0.717, 1.165) is 16.7 Å². The van der Waals surface area contributed by atoms with Crippen molar-refractivity contribution in [1.29, 1.82) is 0 Å². The van der Waals surface area contributed by atoms with E-state index in [-0.39, 0.29) is 18.9 Å². The van der Waals surface area contributed by atoms with Crippen LogP contribution in [0.1, 0.15) is 30.5 Å². The molecule has 0 heterocycles. The van der Waals surface area contributed by atoms with Gasteiger partial charge in [-0.1, -0.05) is 86.6 Å². The zero-order chi connectivity index (χ0) is 27.3. The average molecular weight is 519 g/mol. The van der Waals surface area contributed by atoms with E-state index in [0.29, 0.717) is 12.4 Å². The summed E-state index contributed by atoms with van der Waals surface area (Å²) in [7, 11) is 1.26. The third-order valence-electron chi connectivity index (χ3n) is 5.82. The molecule has 0 unspecified atom stereocenters. The Balaban J connectivity index is 1.61. The molecule has 0 aromatic heterocycles. The molecule has 0 saturated carbocycles. The number of methoxy groups -OCH3 is 1. The molecule has 0 aliphatic heterocycles. The summed E-state index contributed by atoms with van der Waals surface area (Å²) in [5.74, 6) is -0.719. The molecule has 0 spiro atoms. The van der Waals surface area contributed by atoms with Crippen molar-refractivity contribution in [2.24, 2.45) is 5.92 Å². The number of nitrogens with one attached hydrogen (secondary N) is 2. The van der Waals surface area contributed by atoms with Crippen molar-refractivity contribution in [2.45, 2.75) is 45.6 Å². The predicted octanol–water partition coefficient (Wildman–Crippen LogP) is 4.42. The first-order chi connectivity index (χ1) is 18.4. The second kappa shape index (κ2) is 14.4. The number of hydrogen-bond acceptors (Lipinski definition) is 6. The van der Waals surface area contributed by atoms with Gasteiger partial charge in [-0.2, -0.15) is 0 Å². The highest BCUT2D eigenvalue weighted by atomic mass is 16.5. The van der Waals surface area contributed by atoms with Crippen LogP contribution in [0.2, 0.25) is 0 Å². The van der Waals surface area contributed by atoms with Gasteiger partial charge in [0.25, 0.3) is 0 Å². The first kappa shape index (κ1) is 28.2. The summed E-state index contributed by atoms with van der Waals surface area (Å²) >= 11 is 0. The zero-order valence-electron chi connectivity index (χ0n) is 21.9. The molecule has 3 aromatic carbocycles. The maximum absolute atomic E-state index is 13.1. The molecule has 0 bridgehead atoms. The lowest BCUT2D eigenvalue weighted by Crippen LogP contribution is -2.54. The van der Waals surface area contributed by atoms with Crippen LogP contribution in [0.3, 0.4) is 0 Å². The summed E-state index contributed by atoms with van der Waals surface area (Å²) in [5, 5.41) is 5.34. The van der Waals surface area contributed by atoms with Crippen molar-refractivity contribution in [2.75, 3.05) is 7.11 Å². The van der Waals surface area contributed by atoms with E-state index in [1.165, 1.54) is 7.11 Å². The third-order valence-corrected chi connectivity index (χ3v) is 5.82. The van der Waals surface area contributed by atoms with Crippen LogP contribution >= 0.6 is 0 Å². The Morgan fingerprint density at radius 3 is 1.97 bits per heavy atom. The number of esters is 1. The summed E-state index contributed by atoms with van der Waals surface area (Å²) in [4.78, 5) is 38.1. The summed E-state index contributed by atoms with van der Waals surface area (Å²) in [6.45, 7) is 4.07. The molecular weight excluding hydrogens is 484 g/mol. The smallest absolute Gasteiger partial charge is 0.408 e. The molecule has 3 rings (SSSR count). The highest BCUT2D eigenvalue weighted by Crippen LogP contribution is 2.17. The van der Waals surface area contributed by atoms with Crippen molar-refractivity contribution < 1.29 is 28.6 Å². The summed E-state index contributed by atoms with van der Waals surface area (Å²) in [6.07, 6.45) is -0.537. The van der Waals surface area contributed by atoms with Gasteiger partial charge in [0, 0.05) is 6.42 Å². The molecule has 8 nitrogen and oxygen atoms in total. The van der Waals surface area contributed by atoms with Gasteiger partial charge in [-0.3, -0.25) is 4.79 Å². The largest absolute Gasteiger partial charge is 0.489 e. The number of ether oxygens (including phenoxy) is 3. The lowest BCUT2D eigenvalue weighted by molar-refractivity contribution is -0.145. The van der Waals surface area contributed by atoms with E-state index in [9.17, 15) is 14.4 Å². The molecule has 8 heteroatoms. The Kier molecular flexibility index (Phi) is 10.7. The maximum Gasteiger partial charge on any atom is 0.408 e. The van der Waals surface area contributed by atoms with E-state index in [2.05, 4.69) is 10.6 Å². The molecule has 0 aliphatic carbocycles. The first-order valence-corrected chi connectivity index (χ1v) is 12.5. The Bertz CT molecular complexity index is 1180. The lowest BCUT2D eigenvalue weighted by atomic mass is 10.0. The van der Waals surface area contributed by atoms with Crippen LogP contribution in [0, 0.1) is 5.92 Å². The Labute approximate surface area is 223 Å². The number of alkyl carbamates (subject to hydrolysis) is 1. The molecule has 2 amide bonds. The standard InChI is InChI=1S/C30H34N2O6/c1-21(2)27(32-30(35)38-20-23-13-8-5-9-14-23)28(33)31-26(29(34)36-3)18-24-15-10-16-25(17-24)37-19-22-11-6-4-7-12-22/h4-17,21,26-27H,18-20H2,1-3H3,(H,31,33)(H,32,35)/t26-,27-/m0/s1. The minimum Gasteiger partial charge on any atom is -0.489 e. The minimum absolute atomic E-state index is 0.0760. The van der Waals surface area contributed by atoms with Crippen molar-refractivity contribution in [3.63, 3.8) is 0 Å². The Morgan fingerprint density at radius 1 is 0.763 bits per heavy atom. The molecule has 0 saturated heterocycles. The van der Waals surface area contributed by atoms with Gasteiger partial charge < -0.3 is 24.8 Å². The minimum atomic E-state index is -0.958. The molecule has 0 aliphatic rings. The highest BCUT2D eigenvalue weighted by molar-refractivity contribution is 5.90. The van der Waals surface area contributed by atoms with Crippen LogP contribution in [-0.2, 0) is 38.7 Å². The molecule has 38 heavy (non-hydrogen) atoms. The van der Waals surface area contributed by atoms with Crippen molar-refractivity contribution in [1.82, 2.24) is 10.6 Å². The van der Waals surface area contributed by atoms with E-state index >= 15 is 0 Å². The first-order valence-electron chi connectivity index (χ1n) is 12.5. The number of carbonyl (C=O) groups is 3. The summed E-state index contributed by atoms with van der Waals surface area (Å²) < 4.78 is 16.1. The van der Waals surface area contributed by atoms with Crippen molar-refractivity contribution in [3.05, 3.63) is 102 Å². The number of rotatable bonds is 12. The fourth-order valence-corrected chi connectivity index (χ4v) is 3.76. The third kappa shape index (κ3) is 8.96. The molecule has 0 fully saturated rings. The van der Waals surface area contributed by atoms with Crippen molar-refractivity contribution in [3.8, 4) is 5.75 Å². The van der Waals surface area contributed by atoms with Crippen LogP contribution < -0.4 is 15.4 Å². The quantitative estimate of drug-likeness (QED) is 0.344. The van der Waals surface area contributed by atoms with Crippen LogP contribution in [0.25, 0.3) is 0 Å². The van der Waals surface area contributed by atoms with Crippen LogP contribution in [0.4, 0.5) is 4.79 Å². The summed E-state index contributed by atoms with van der Waals surface area (Å²) in [6, 6.07) is 24.5. The molecule has 0 radical (unpaired) electrons. The van der Waals surface area contributed by atoms with Gasteiger partial charge in [0.2, 0.25) is 5.91 Å². The zero-order valence-corrected chi connectivity index (χ0v) is 21.9. The second-order valence-corrected chi connectivity index (χ2v) is 9.14. The fraction of sp³-hybridized carbons (Fsp3) is 0.300. The fourth-order valence-electron chi connectivity index (χ4n) is 3.76. The van der Waals surface area contributed by atoms with Crippen molar-refractivity contribution >= 4 is 18.0 Å². The normalized spacial score (nSPS) is 12.2. The molecule has 2 N–H and O–H groups in total. The van der Waals surface area contributed by atoms with E-state index in [1.54, 1.807) is 13.8 Å². The molecule has 200 valence electrons. The van der Waals surface area contributed by atoms with E-state index in [1.807, 2.05) is 84.9 Å². The molecule has 2 atom stereocenters. The van der Waals surface area contributed by atoms with Gasteiger partial charge in [-0.25, -0.2) is 9.59 Å². The van der Waals surface area contributed by atoms with Gasteiger partial charge in [0.15, 0.2) is 0 Å². The van der Waals surface area contributed by atoms with E-state index < -0.39 is 30.1 Å². The number of amides is 2. The Morgan fingerprint density at radius 2 is 1.37 bits per heavy atom. The monoisotopic (exact) mass is 518 g/mol.